The van der Waals surface area contributed by atoms with E-state index in [1.165, 1.54) is 5.56 Å². The Morgan fingerprint density at radius 2 is 1.75 bits per heavy atom. The number of aryl methyl sites for hydroxylation is 1. The molecule has 0 saturated heterocycles. The summed E-state index contributed by atoms with van der Waals surface area (Å²) in [4.78, 5) is 0.342. The molecule has 20 heavy (non-hydrogen) atoms. The fraction of sp³-hybridized carbons (Fsp3) is 0.600. The third-order valence-corrected chi connectivity index (χ3v) is 4.45. The van der Waals surface area contributed by atoms with E-state index in [-0.39, 0.29) is 0 Å². The second kappa shape index (κ2) is 8.39. The predicted octanol–water partition coefficient (Wildman–Crippen LogP) is 2.31. The van der Waals surface area contributed by atoms with Gasteiger partial charge in [-0.1, -0.05) is 39.3 Å². The molecule has 1 aromatic carbocycles. The summed E-state index contributed by atoms with van der Waals surface area (Å²) < 4.78 is 26.8. The zero-order chi connectivity index (χ0) is 15.0. The molecule has 2 N–H and O–H groups in total. The fourth-order valence-electron chi connectivity index (χ4n) is 1.89. The molecule has 5 heteroatoms. The topological polar surface area (TPSA) is 58.2 Å². The smallest absolute Gasteiger partial charge is 0.240 e. The van der Waals surface area contributed by atoms with Crippen molar-refractivity contribution in [3.05, 3.63) is 29.8 Å². The molecule has 1 aromatic rings. The van der Waals surface area contributed by atoms with Crippen molar-refractivity contribution < 1.29 is 8.42 Å². The first kappa shape index (κ1) is 17.1. The number of hydrogen-bond donors (Lipinski definition) is 2. The Bertz CT molecular complexity index is 481. The van der Waals surface area contributed by atoms with E-state index in [2.05, 4.69) is 30.8 Å². The van der Waals surface area contributed by atoms with Crippen molar-refractivity contribution >= 4 is 10.0 Å². The summed E-state index contributed by atoms with van der Waals surface area (Å²) in [5.74, 6) is 0. The van der Waals surface area contributed by atoms with Crippen LogP contribution in [0.4, 0.5) is 0 Å². The Labute approximate surface area is 123 Å². The highest BCUT2D eigenvalue weighted by atomic mass is 32.2. The van der Waals surface area contributed by atoms with Gasteiger partial charge in [0.25, 0.3) is 0 Å². The van der Waals surface area contributed by atoms with Crippen LogP contribution < -0.4 is 10.0 Å². The van der Waals surface area contributed by atoms with Crippen LogP contribution in [-0.2, 0) is 16.4 Å². The summed E-state index contributed by atoms with van der Waals surface area (Å²) in [6.07, 6.45) is 2.83. The summed E-state index contributed by atoms with van der Waals surface area (Å²) in [7, 11) is -3.37. The van der Waals surface area contributed by atoms with Crippen LogP contribution in [0.5, 0.6) is 0 Å². The Balaban J connectivity index is 2.47. The van der Waals surface area contributed by atoms with Crippen molar-refractivity contribution in [3.8, 4) is 0 Å². The average molecular weight is 298 g/mol. The monoisotopic (exact) mass is 298 g/mol. The largest absolute Gasteiger partial charge is 0.314 e. The summed E-state index contributed by atoms with van der Waals surface area (Å²) >= 11 is 0. The van der Waals surface area contributed by atoms with Gasteiger partial charge in [0, 0.05) is 12.6 Å². The molecular formula is C15H26N2O2S. The van der Waals surface area contributed by atoms with E-state index in [9.17, 15) is 8.42 Å². The Morgan fingerprint density at radius 1 is 1.10 bits per heavy atom. The van der Waals surface area contributed by atoms with Gasteiger partial charge in [-0.15, -0.1) is 0 Å². The van der Waals surface area contributed by atoms with Crippen LogP contribution >= 0.6 is 0 Å². The van der Waals surface area contributed by atoms with E-state index in [0.717, 1.165) is 25.8 Å². The molecule has 0 bridgehead atoms. The molecule has 0 aliphatic carbocycles. The number of sulfonamides is 1. The van der Waals surface area contributed by atoms with E-state index in [4.69, 9.17) is 0 Å². The highest BCUT2D eigenvalue weighted by molar-refractivity contribution is 7.89. The molecule has 0 saturated carbocycles. The predicted molar refractivity (Wildman–Crippen MR) is 83.4 cm³/mol. The lowest BCUT2D eigenvalue weighted by Crippen LogP contribution is -2.29. The summed E-state index contributed by atoms with van der Waals surface area (Å²) in [6, 6.07) is 7.56. The van der Waals surface area contributed by atoms with Gasteiger partial charge in [-0.25, -0.2) is 13.1 Å². The second-order valence-electron chi connectivity index (χ2n) is 5.25. The lowest BCUT2D eigenvalue weighted by Gasteiger charge is -2.09. The van der Waals surface area contributed by atoms with Crippen LogP contribution in [0, 0.1) is 0 Å². The van der Waals surface area contributed by atoms with Gasteiger partial charge in [-0.05, 0) is 37.1 Å². The minimum absolute atomic E-state index is 0.342. The van der Waals surface area contributed by atoms with Crippen molar-refractivity contribution in [3.63, 3.8) is 0 Å². The molecule has 0 amide bonds. The second-order valence-corrected chi connectivity index (χ2v) is 7.02. The fourth-order valence-corrected chi connectivity index (χ4v) is 2.97. The molecule has 0 radical (unpaired) electrons. The van der Waals surface area contributed by atoms with E-state index in [1.54, 1.807) is 12.1 Å². The number of nitrogens with one attached hydrogen (secondary N) is 2. The van der Waals surface area contributed by atoms with Crippen LogP contribution in [0.3, 0.4) is 0 Å². The van der Waals surface area contributed by atoms with Crippen molar-refractivity contribution in [1.82, 2.24) is 10.0 Å². The molecule has 0 fully saturated rings. The van der Waals surface area contributed by atoms with Gasteiger partial charge >= 0.3 is 0 Å². The van der Waals surface area contributed by atoms with Gasteiger partial charge in [0.05, 0.1) is 4.90 Å². The quantitative estimate of drug-likeness (QED) is 0.688. The zero-order valence-corrected chi connectivity index (χ0v) is 13.5. The molecule has 0 aliphatic heterocycles. The van der Waals surface area contributed by atoms with Crippen LogP contribution in [0.1, 0.15) is 39.2 Å². The van der Waals surface area contributed by atoms with Crippen molar-refractivity contribution in [2.45, 2.75) is 51.0 Å². The molecule has 0 spiro atoms. The third-order valence-electron chi connectivity index (χ3n) is 2.97. The number of rotatable bonds is 9. The molecule has 0 atom stereocenters. The molecular weight excluding hydrogens is 272 g/mol. The summed E-state index contributed by atoms with van der Waals surface area (Å²) in [6.45, 7) is 7.52. The lowest BCUT2D eigenvalue weighted by atomic mass is 10.1. The maximum Gasteiger partial charge on any atom is 0.240 e. The molecule has 4 nitrogen and oxygen atoms in total. The van der Waals surface area contributed by atoms with E-state index in [1.807, 2.05) is 12.1 Å². The normalized spacial score (nSPS) is 12.0. The molecule has 0 unspecified atom stereocenters. The van der Waals surface area contributed by atoms with E-state index >= 15 is 0 Å². The minimum atomic E-state index is -3.37. The van der Waals surface area contributed by atoms with Gasteiger partial charge in [0.1, 0.15) is 0 Å². The van der Waals surface area contributed by atoms with Crippen LogP contribution in [0.25, 0.3) is 0 Å². The molecule has 0 heterocycles. The Kier molecular flexibility index (Phi) is 7.19. The van der Waals surface area contributed by atoms with Gasteiger partial charge in [0.2, 0.25) is 10.0 Å². The highest BCUT2D eigenvalue weighted by Gasteiger charge is 2.12. The Hall–Kier alpha value is -0.910. The highest BCUT2D eigenvalue weighted by Crippen LogP contribution is 2.11. The standard InChI is InChI=1S/C15H26N2O2S/c1-4-6-14-7-9-15(10-8-14)20(18,19)17-12-5-11-16-13(2)3/h7-10,13,16-17H,4-6,11-12H2,1-3H3. The minimum Gasteiger partial charge on any atom is -0.314 e. The van der Waals surface area contributed by atoms with Gasteiger partial charge in [0.15, 0.2) is 0 Å². The maximum atomic E-state index is 12.1. The Morgan fingerprint density at radius 3 is 2.30 bits per heavy atom. The third kappa shape index (κ3) is 6.03. The van der Waals surface area contributed by atoms with Gasteiger partial charge < -0.3 is 5.32 Å². The summed E-state index contributed by atoms with van der Waals surface area (Å²) in [5.41, 5.74) is 1.17. The average Bonchev–Trinajstić information content (AvgIpc) is 2.39. The first-order valence-electron chi connectivity index (χ1n) is 7.27. The van der Waals surface area contributed by atoms with Crippen molar-refractivity contribution in [2.75, 3.05) is 13.1 Å². The molecule has 1 rings (SSSR count). The van der Waals surface area contributed by atoms with E-state index in [0.29, 0.717) is 17.5 Å². The number of hydrogen-bond acceptors (Lipinski definition) is 3. The lowest BCUT2D eigenvalue weighted by molar-refractivity contribution is 0.554. The molecule has 114 valence electrons. The maximum absolute atomic E-state index is 12.1. The first-order chi connectivity index (χ1) is 9.45. The van der Waals surface area contributed by atoms with Crippen LogP contribution in [0.15, 0.2) is 29.2 Å². The van der Waals surface area contributed by atoms with Crippen LogP contribution in [-0.4, -0.2) is 27.5 Å². The van der Waals surface area contributed by atoms with Crippen molar-refractivity contribution in [2.24, 2.45) is 0 Å². The molecule has 0 aromatic heterocycles. The molecule has 0 aliphatic rings. The van der Waals surface area contributed by atoms with Gasteiger partial charge in [-0.3, -0.25) is 0 Å². The summed E-state index contributed by atoms with van der Waals surface area (Å²) in [5, 5.41) is 3.26. The first-order valence-corrected chi connectivity index (χ1v) is 8.76. The van der Waals surface area contributed by atoms with Gasteiger partial charge in [-0.2, -0.15) is 0 Å². The number of benzene rings is 1. The van der Waals surface area contributed by atoms with E-state index < -0.39 is 10.0 Å². The zero-order valence-electron chi connectivity index (χ0n) is 12.6. The van der Waals surface area contributed by atoms with Crippen LogP contribution in [0.2, 0.25) is 0 Å². The SMILES string of the molecule is CCCc1ccc(S(=O)(=O)NCCCNC(C)C)cc1. The van der Waals surface area contributed by atoms with Crippen molar-refractivity contribution in [1.29, 1.82) is 0 Å².